The van der Waals surface area contributed by atoms with Gasteiger partial charge in [-0.1, -0.05) is 32.9 Å². The Morgan fingerprint density at radius 1 is 1.22 bits per heavy atom. The second-order valence-corrected chi connectivity index (χ2v) is 7.56. The van der Waals surface area contributed by atoms with Gasteiger partial charge < -0.3 is 5.73 Å². The van der Waals surface area contributed by atoms with Gasteiger partial charge in [-0.15, -0.1) is 11.3 Å². The summed E-state index contributed by atoms with van der Waals surface area (Å²) in [7, 11) is 0. The average Bonchev–Trinajstić information content (AvgIpc) is 2.76. The Labute approximate surface area is 137 Å². The van der Waals surface area contributed by atoms with E-state index >= 15 is 0 Å². The first-order chi connectivity index (χ1) is 10.5. The lowest BCUT2D eigenvalue weighted by Crippen LogP contribution is -2.14. The first-order valence-electron chi connectivity index (χ1n) is 7.07. The maximum absolute atomic E-state index is 12.8. The SMILES string of the molecule is CC(C)(C)Cc1csc(N)c1C(=O)c1cccc(C(F)(F)F)c1. The molecule has 124 valence electrons. The molecule has 0 unspecified atom stereocenters. The molecule has 6 heteroatoms. The van der Waals surface area contributed by atoms with Gasteiger partial charge in [-0.05, 0) is 34.9 Å². The fourth-order valence-electron chi connectivity index (χ4n) is 2.35. The van der Waals surface area contributed by atoms with Crippen LogP contribution in [-0.4, -0.2) is 5.78 Å². The van der Waals surface area contributed by atoms with Crippen molar-refractivity contribution in [3.8, 4) is 0 Å². The van der Waals surface area contributed by atoms with Crippen LogP contribution in [0, 0.1) is 5.41 Å². The largest absolute Gasteiger partial charge is 0.416 e. The van der Waals surface area contributed by atoms with E-state index in [2.05, 4.69) is 0 Å². The van der Waals surface area contributed by atoms with Gasteiger partial charge in [0.05, 0.1) is 16.1 Å². The molecule has 0 saturated carbocycles. The van der Waals surface area contributed by atoms with E-state index in [1.165, 1.54) is 23.5 Å². The first kappa shape index (κ1) is 17.5. The Hall–Kier alpha value is -1.82. The fourth-order valence-corrected chi connectivity index (χ4v) is 3.16. The quantitative estimate of drug-likeness (QED) is 0.783. The maximum Gasteiger partial charge on any atom is 0.416 e. The second kappa shape index (κ2) is 6.00. The monoisotopic (exact) mass is 341 g/mol. The zero-order chi connectivity index (χ0) is 17.4. The van der Waals surface area contributed by atoms with Crippen LogP contribution in [0.3, 0.4) is 0 Å². The van der Waals surface area contributed by atoms with Gasteiger partial charge in [-0.25, -0.2) is 0 Å². The van der Waals surface area contributed by atoms with E-state index in [4.69, 9.17) is 5.73 Å². The number of benzene rings is 1. The van der Waals surface area contributed by atoms with Gasteiger partial charge >= 0.3 is 6.18 Å². The molecule has 1 aromatic heterocycles. The third kappa shape index (κ3) is 4.13. The number of ketones is 1. The Kier molecular flexibility index (Phi) is 4.57. The molecular weight excluding hydrogens is 323 g/mol. The highest BCUT2D eigenvalue weighted by Crippen LogP contribution is 2.34. The van der Waals surface area contributed by atoms with E-state index in [9.17, 15) is 18.0 Å². The van der Waals surface area contributed by atoms with E-state index in [0.717, 1.165) is 17.7 Å². The number of carbonyl (C=O) groups is 1. The summed E-state index contributed by atoms with van der Waals surface area (Å²) in [5.74, 6) is -0.464. The third-order valence-corrected chi connectivity index (χ3v) is 4.16. The van der Waals surface area contributed by atoms with Crippen LogP contribution >= 0.6 is 11.3 Å². The molecule has 0 aliphatic heterocycles. The molecule has 2 nitrogen and oxygen atoms in total. The number of alkyl halides is 3. The van der Waals surface area contributed by atoms with Gasteiger partial charge in [0.1, 0.15) is 0 Å². The standard InChI is InChI=1S/C17H18F3NOS/c1-16(2,3)8-11-9-23-15(21)13(11)14(22)10-5-4-6-12(7-10)17(18,19)20/h4-7,9H,8,21H2,1-3H3. The van der Waals surface area contributed by atoms with Crippen molar-refractivity contribution in [2.24, 2.45) is 5.41 Å². The van der Waals surface area contributed by atoms with Crippen molar-refractivity contribution in [2.45, 2.75) is 33.4 Å². The van der Waals surface area contributed by atoms with Crippen LogP contribution in [0.2, 0.25) is 0 Å². The normalized spacial score (nSPS) is 12.4. The minimum absolute atomic E-state index is 0.0000779. The van der Waals surface area contributed by atoms with Gasteiger partial charge in [0, 0.05) is 5.56 Å². The van der Waals surface area contributed by atoms with E-state index in [1.54, 1.807) is 5.38 Å². The Bertz CT molecular complexity index is 726. The molecule has 23 heavy (non-hydrogen) atoms. The summed E-state index contributed by atoms with van der Waals surface area (Å²) < 4.78 is 38.5. The summed E-state index contributed by atoms with van der Waals surface area (Å²) in [5, 5.41) is 2.15. The van der Waals surface area contributed by atoms with Crippen LogP contribution in [0.25, 0.3) is 0 Å². The van der Waals surface area contributed by atoms with Crippen molar-refractivity contribution >= 4 is 22.1 Å². The van der Waals surface area contributed by atoms with E-state index in [0.29, 0.717) is 17.0 Å². The number of hydrogen-bond donors (Lipinski definition) is 1. The number of hydrogen-bond acceptors (Lipinski definition) is 3. The molecule has 2 N–H and O–H groups in total. The molecule has 0 atom stereocenters. The van der Waals surface area contributed by atoms with E-state index in [-0.39, 0.29) is 11.0 Å². The lowest BCUT2D eigenvalue weighted by molar-refractivity contribution is -0.137. The van der Waals surface area contributed by atoms with Crippen molar-refractivity contribution in [3.63, 3.8) is 0 Å². The highest BCUT2D eigenvalue weighted by molar-refractivity contribution is 7.14. The summed E-state index contributed by atoms with van der Waals surface area (Å²) in [6.07, 6.45) is -3.86. The lowest BCUT2D eigenvalue weighted by atomic mass is 9.86. The van der Waals surface area contributed by atoms with Gasteiger partial charge in [0.25, 0.3) is 0 Å². The summed E-state index contributed by atoms with van der Waals surface area (Å²) in [5.41, 5.74) is 6.10. The van der Waals surface area contributed by atoms with E-state index < -0.39 is 17.5 Å². The number of thiophene rings is 1. The summed E-state index contributed by atoms with van der Waals surface area (Å²) in [4.78, 5) is 12.7. The predicted octanol–water partition coefficient (Wildman–Crippen LogP) is 5.17. The summed E-state index contributed by atoms with van der Waals surface area (Å²) >= 11 is 1.24. The minimum Gasteiger partial charge on any atom is -0.390 e. The van der Waals surface area contributed by atoms with E-state index in [1.807, 2.05) is 20.8 Å². The number of rotatable bonds is 3. The van der Waals surface area contributed by atoms with Gasteiger partial charge in [0.2, 0.25) is 0 Å². The number of nitrogens with two attached hydrogens (primary N) is 1. The molecule has 0 bridgehead atoms. The highest BCUT2D eigenvalue weighted by atomic mass is 32.1. The van der Waals surface area contributed by atoms with Crippen LogP contribution in [-0.2, 0) is 12.6 Å². The maximum atomic E-state index is 12.8. The number of halogens is 3. The van der Waals surface area contributed by atoms with Crippen molar-refractivity contribution in [1.29, 1.82) is 0 Å². The number of carbonyl (C=O) groups excluding carboxylic acids is 1. The van der Waals surface area contributed by atoms with Crippen LogP contribution in [0.5, 0.6) is 0 Å². The molecule has 1 heterocycles. The van der Waals surface area contributed by atoms with Crippen LogP contribution in [0.15, 0.2) is 29.6 Å². The topological polar surface area (TPSA) is 43.1 Å². The first-order valence-corrected chi connectivity index (χ1v) is 7.95. The molecule has 0 aliphatic carbocycles. The molecular formula is C17H18F3NOS. The van der Waals surface area contributed by atoms with Crippen molar-refractivity contribution in [2.75, 3.05) is 5.73 Å². The van der Waals surface area contributed by atoms with Crippen molar-refractivity contribution in [3.05, 3.63) is 51.9 Å². The summed E-state index contributed by atoms with van der Waals surface area (Å²) in [6, 6.07) is 4.45. The number of nitrogen functional groups attached to an aromatic ring is 1. The Morgan fingerprint density at radius 3 is 2.43 bits per heavy atom. The van der Waals surface area contributed by atoms with Gasteiger partial charge in [-0.3, -0.25) is 4.79 Å². The fraction of sp³-hybridized carbons (Fsp3) is 0.353. The lowest BCUT2D eigenvalue weighted by Gasteiger charge is -2.18. The van der Waals surface area contributed by atoms with Crippen molar-refractivity contribution in [1.82, 2.24) is 0 Å². The number of anilines is 1. The molecule has 2 aromatic rings. The zero-order valence-electron chi connectivity index (χ0n) is 13.1. The Balaban J connectivity index is 2.44. The van der Waals surface area contributed by atoms with Gasteiger partial charge in [-0.2, -0.15) is 13.2 Å². The molecule has 0 spiro atoms. The molecule has 1 aromatic carbocycles. The summed E-state index contributed by atoms with van der Waals surface area (Å²) in [6.45, 7) is 6.08. The van der Waals surface area contributed by atoms with Gasteiger partial charge in [0.15, 0.2) is 5.78 Å². The van der Waals surface area contributed by atoms with Crippen molar-refractivity contribution < 1.29 is 18.0 Å². The average molecular weight is 341 g/mol. The molecule has 0 saturated heterocycles. The van der Waals surface area contributed by atoms with Crippen LogP contribution < -0.4 is 5.73 Å². The molecule has 0 fully saturated rings. The molecule has 0 amide bonds. The second-order valence-electron chi connectivity index (χ2n) is 6.65. The van der Waals surface area contributed by atoms with Crippen LogP contribution in [0.4, 0.5) is 18.2 Å². The molecule has 0 aliphatic rings. The van der Waals surface area contributed by atoms with Crippen LogP contribution in [0.1, 0.15) is 47.8 Å². The molecule has 2 rings (SSSR count). The Morgan fingerprint density at radius 2 is 1.87 bits per heavy atom. The highest BCUT2D eigenvalue weighted by Gasteiger charge is 2.31. The third-order valence-electron chi connectivity index (χ3n) is 3.30. The zero-order valence-corrected chi connectivity index (χ0v) is 13.9. The predicted molar refractivity (Wildman–Crippen MR) is 86.8 cm³/mol. The smallest absolute Gasteiger partial charge is 0.390 e. The molecule has 0 radical (unpaired) electrons. The minimum atomic E-state index is -4.48.